The third kappa shape index (κ3) is 6.64. The van der Waals surface area contributed by atoms with E-state index in [4.69, 9.17) is 20.9 Å². The van der Waals surface area contributed by atoms with Crippen LogP contribution in [-0.4, -0.2) is 63.7 Å². The van der Waals surface area contributed by atoms with Gasteiger partial charge in [-0.2, -0.15) is 4.98 Å². The Hall–Kier alpha value is -2.72. The standard InChI is InChI=1S/C22H29ClFN5O4/c1-21(2,3)32-20(31)26-22(4,5)19-25-17(33-27-19)13-28-8-10-29(11-9-28)18(30)15-12-14(23)6-7-16(15)24/h6-7,12H,8-11,13H2,1-5H3,(H,26,31). The smallest absolute Gasteiger partial charge is 0.408 e. The quantitative estimate of drug-likeness (QED) is 0.696. The van der Waals surface area contributed by atoms with Crippen molar-refractivity contribution in [1.29, 1.82) is 0 Å². The van der Waals surface area contributed by atoms with Gasteiger partial charge in [0.15, 0.2) is 5.82 Å². The molecule has 2 aromatic rings. The summed E-state index contributed by atoms with van der Waals surface area (Å²) in [7, 11) is 0. The molecule has 0 unspecified atom stereocenters. The molecule has 11 heteroatoms. The molecule has 0 spiro atoms. The Kier molecular flexibility index (Phi) is 7.28. The van der Waals surface area contributed by atoms with Crippen LogP contribution in [0.3, 0.4) is 0 Å². The molecule has 0 atom stereocenters. The van der Waals surface area contributed by atoms with E-state index in [2.05, 4.69) is 20.4 Å². The Morgan fingerprint density at radius 2 is 1.85 bits per heavy atom. The van der Waals surface area contributed by atoms with Crippen molar-refractivity contribution in [2.75, 3.05) is 26.2 Å². The molecule has 2 amide bonds. The van der Waals surface area contributed by atoms with Crippen LogP contribution in [0, 0.1) is 5.82 Å². The number of halogens is 2. The summed E-state index contributed by atoms with van der Waals surface area (Å²) in [5.74, 6) is -0.254. The lowest BCUT2D eigenvalue weighted by molar-refractivity contribution is 0.0464. The zero-order valence-electron chi connectivity index (χ0n) is 19.4. The first-order valence-corrected chi connectivity index (χ1v) is 11.0. The maximum atomic E-state index is 14.0. The first-order valence-electron chi connectivity index (χ1n) is 10.6. The molecule has 0 radical (unpaired) electrons. The average molecular weight is 482 g/mol. The normalized spacial score (nSPS) is 15.4. The lowest BCUT2D eigenvalue weighted by atomic mass is 10.1. The Balaban J connectivity index is 1.55. The maximum Gasteiger partial charge on any atom is 0.408 e. The topological polar surface area (TPSA) is 101 Å². The number of aromatic nitrogens is 2. The Morgan fingerprint density at radius 3 is 2.48 bits per heavy atom. The van der Waals surface area contributed by atoms with Crippen molar-refractivity contribution in [2.24, 2.45) is 0 Å². The van der Waals surface area contributed by atoms with Crippen LogP contribution in [0.25, 0.3) is 0 Å². The van der Waals surface area contributed by atoms with Gasteiger partial charge in [-0.3, -0.25) is 9.69 Å². The number of ether oxygens (including phenoxy) is 1. The van der Waals surface area contributed by atoms with E-state index in [1.54, 1.807) is 39.5 Å². The zero-order valence-corrected chi connectivity index (χ0v) is 20.2. The second-order valence-corrected chi connectivity index (χ2v) is 9.89. The molecule has 180 valence electrons. The number of carbonyl (C=O) groups is 2. The highest BCUT2D eigenvalue weighted by molar-refractivity contribution is 6.31. The molecule has 33 heavy (non-hydrogen) atoms. The number of hydrogen-bond acceptors (Lipinski definition) is 7. The van der Waals surface area contributed by atoms with Gasteiger partial charge in [-0.1, -0.05) is 16.8 Å². The van der Waals surface area contributed by atoms with Crippen LogP contribution in [0.5, 0.6) is 0 Å². The van der Waals surface area contributed by atoms with Gasteiger partial charge < -0.3 is 19.5 Å². The molecule has 0 saturated carbocycles. The van der Waals surface area contributed by atoms with E-state index in [0.717, 1.165) is 0 Å². The van der Waals surface area contributed by atoms with Gasteiger partial charge in [-0.05, 0) is 52.8 Å². The van der Waals surface area contributed by atoms with E-state index in [1.807, 2.05) is 0 Å². The van der Waals surface area contributed by atoms with Crippen LogP contribution in [0.1, 0.15) is 56.7 Å². The molecular weight excluding hydrogens is 453 g/mol. The summed E-state index contributed by atoms with van der Waals surface area (Å²) in [5, 5.41) is 7.06. The molecule has 0 aliphatic carbocycles. The van der Waals surface area contributed by atoms with E-state index in [0.29, 0.717) is 49.5 Å². The van der Waals surface area contributed by atoms with Crippen LogP contribution in [0.15, 0.2) is 22.7 Å². The summed E-state index contributed by atoms with van der Waals surface area (Å²) in [6, 6.07) is 3.95. The number of benzene rings is 1. The number of carbonyl (C=O) groups excluding carboxylic acids is 2. The van der Waals surface area contributed by atoms with E-state index >= 15 is 0 Å². The van der Waals surface area contributed by atoms with E-state index < -0.39 is 23.1 Å². The monoisotopic (exact) mass is 481 g/mol. The minimum atomic E-state index is -0.893. The lowest BCUT2D eigenvalue weighted by Crippen LogP contribution is -2.48. The number of amides is 2. The SMILES string of the molecule is CC(C)(C)OC(=O)NC(C)(C)c1noc(CN2CCN(C(=O)c3cc(Cl)ccc3F)CC2)n1. The van der Waals surface area contributed by atoms with Crippen LogP contribution in [0.4, 0.5) is 9.18 Å². The van der Waals surface area contributed by atoms with Crippen molar-refractivity contribution in [3.63, 3.8) is 0 Å². The highest BCUT2D eigenvalue weighted by Gasteiger charge is 2.32. The lowest BCUT2D eigenvalue weighted by Gasteiger charge is -2.34. The molecule has 1 aromatic carbocycles. The molecule has 1 saturated heterocycles. The highest BCUT2D eigenvalue weighted by atomic mass is 35.5. The number of alkyl carbamates (subject to hydrolysis) is 1. The Morgan fingerprint density at radius 1 is 1.18 bits per heavy atom. The minimum Gasteiger partial charge on any atom is -0.444 e. The van der Waals surface area contributed by atoms with Crippen molar-refractivity contribution in [1.82, 2.24) is 25.3 Å². The van der Waals surface area contributed by atoms with Gasteiger partial charge in [-0.25, -0.2) is 9.18 Å². The fourth-order valence-electron chi connectivity index (χ4n) is 3.32. The fourth-order valence-corrected chi connectivity index (χ4v) is 3.49. The molecule has 9 nitrogen and oxygen atoms in total. The second-order valence-electron chi connectivity index (χ2n) is 9.46. The van der Waals surface area contributed by atoms with E-state index in [-0.39, 0.29) is 11.5 Å². The van der Waals surface area contributed by atoms with Crippen LogP contribution >= 0.6 is 11.6 Å². The molecular formula is C22H29ClFN5O4. The summed E-state index contributed by atoms with van der Waals surface area (Å²) in [5.41, 5.74) is -1.54. The maximum absolute atomic E-state index is 14.0. The predicted octanol–water partition coefficient (Wildman–Crippen LogP) is 3.58. The van der Waals surface area contributed by atoms with Crippen molar-refractivity contribution in [2.45, 2.75) is 52.3 Å². The first-order chi connectivity index (χ1) is 15.3. The van der Waals surface area contributed by atoms with Crippen molar-refractivity contribution in [3.8, 4) is 0 Å². The van der Waals surface area contributed by atoms with Gasteiger partial charge in [0.05, 0.1) is 12.1 Å². The zero-order chi connectivity index (χ0) is 24.4. The Bertz CT molecular complexity index is 1010. The van der Waals surface area contributed by atoms with Crippen molar-refractivity contribution >= 4 is 23.6 Å². The average Bonchev–Trinajstić information content (AvgIpc) is 3.17. The number of nitrogens with one attached hydrogen (secondary N) is 1. The number of nitrogens with zero attached hydrogens (tertiary/aromatic N) is 4. The second kappa shape index (κ2) is 9.64. The highest BCUT2D eigenvalue weighted by Crippen LogP contribution is 2.20. The molecule has 1 aromatic heterocycles. The van der Waals surface area contributed by atoms with Gasteiger partial charge in [0.25, 0.3) is 5.91 Å². The molecule has 1 aliphatic rings. The van der Waals surface area contributed by atoms with Gasteiger partial charge in [0.2, 0.25) is 5.89 Å². The molecule has 1 N–H and O–H groups in total. The number of hydrogen-bond donors (Lipinski definition) is 1. The third-order valence-electron chi connectivity index (χ3n) is 5.02. The number of piperazine rings is 1. The predicted molar refractivity (Wildman–Crippen MR) is 119 cm³/mol. The third-order valence-corrected chi connectivity index (χ3v) is 5.25. The van der Waals surface area contributed by atoms with Crippen LogP contribution < -0.4 is 5.32 Å². The summed E-state index contributed by atoms with van der Waals surface area (Å²) < 4.78 is 24.7. The molecule has 2 heterocycles. The molecule has 0 bridgehead atoms. The van der Waals surface area contributed by atoms with Crippen molar-refractivity contribution < 1.29 is 23.2 Å². The van der Waals surface area contributed by atoms with E-state index in [9.17, 15) is 14.0 Å². The molecule has 1 aliphatic heterocycles. The summed E-state index contributed by atoms with van der Waals surface area (Å²) in [6.07, 6.45) is -0.573. The van der Waals surface area contributed by atoms with Crippen molar-refractivity contribution in [3.05, 3.63) is 46.3 Å². The summed E-state index contributed by atoms with van der Waals surface area (Å²) in [6.45, 7) is 11.2. The van der Waals surface area contributed by atoms with Gasteiger partial charge in [0.1, 0.15) is 17.0 Å². The summed E-state index contributed by atoms with van der Waals surface area (Å²) >= 11 is 5.90. The van der Waals surface area contributed by atoms with Gasteiger partial charge >= 0.3 is 6.09 Å². The number of rotatable bonds is 5. The molecule has 1 fully saturated rings. The Labute approximate surface area is 197 Å². The summed E-state index contributed by atoms with van der Waals surface area (Å²) in [4.78, 5) is 32.8. The van der Waals surface area contributed by atoms with Gasteiger partial charge in [-0.15, -0.1) is 0 Å². The van der Waals surface area contributed by atoms with E-state index in [1.165, 1.54) is 18.2 Å². The van der Waals surface area contributed by atoms with Crippen LogP contribution in [0.2, 0.25) is 5.02 Å². The van der Waals surface area contributed by atoms with Gasteiger partial charge in [0, 0.05) is 31.2 Å². The first kappa shape index (κ1) is 24.9. The van der Waals surface area contributed by atoms with Crippen LogP contribution in [-0.2, 0) is 16.8 Å². The minimum absolute atomic E-state index is 0.0304. The fraction of sp³-hybridized carbons (Fsp3) is 0.545. The molecule has 3 rings (SSSR count). The largest absolute Gasteiger partial charge is 0.444 e.